The molecule has 0 aromatic heterocycles. The Morgan fingerprint density at radius 2 is 1.73 bits per heavy atom. The van der Waals surface area contributed by atoms with Crippen molar-refractivity contribution in [3.8, 4) is 0 Å². The van der Waals surface area contributed by atoms with Crippen molar-refractivity contribution in [1.29, 1.82) is 0 Å². The smallest absolute Gasteiger partial charge is 0.191 e. The summed E-state index contributed by atoms with van der Waals surface area (Å²) in [5.41, 5.74) is 4.02. The number of fused-ring (bicyclic) bond motifs is 2. The van der Waals surface area contributed by atoms with Crippen LogP contribution in [0.25, 0.3) is 0 Å². The van der Waals surface area contributed by atoms with Crippen LogP contribution in [-0.2, 0) is 17.8 Å². The topological polar surface area (TPSA) is 52.1 Å². The van der Waals surface area contributed by atoms with E-state index in [1.165, 1.54) is 29.7 Å². The van der Waals surface area contributed by atoms with Gasteiger partial charge in [0.15, 0.2) is 5.96 Å². The highest BCUT2D eigenvalue weighted by molar-refractivity contribution is 5.80. The average molecular weight is 448 g/mol. The van der Waals surface area contributed by atoms with Crippen LogP contribution in [-0.4, -0.2) is 61.8 Å². The molecule has 2 bridgehead atoms. The summed E-state index contributed by atoms with van der Waals surface area (Å²) in [6.45, 7) is 8.98. The molecular weight excluding hydrogens is 410 g/mol. The minimum absolute atomic E-state index is 0.348. The highest BCUT2D eigenvalue weighted by Crippen LogP contribution is 2.34. The summed E-state index contributed by atoms with van der Waals surface area (Å²) < 4.78 is 6.01. The maximum absolute atomic E-state index is 6.01. The standard InChI is InChI=1S/C27H37N5O/c1-2-28-27(30-25-18-24-12-13-26(25)33-24)29-19-21-8-6-7-9-22(21)20-31-14-16-32(17-15-31)23-10-4-3-5-11-23/h3-11,24-26H,2,12-20H2,1H3,(H2,28,29,30). The molecule has 3 aliphatic rings. The zero-order valence-electron chi connectivity index (χ0n) is 19.7. The molecule has 176 valence electrons. The van der Waals surface area contributed by atoms with Crippen molar-refractivity contribution in [2.75, 3.05) is 37.6 Å². The molecule has 0 aliphatic carbocycles. The van der Waals surface area contributed by atoms with E-state index in [1.54, 1.807) is 0 Å². The average Bonchev–Trinajstić information content (AvgIpc) is 3.48. The summed E-state index contributed by atoms with van der Waals surface area (Å²) in [5, 5.41) is 7.07. The van der Waals surface area contributed by atoms with Crippen molar-refractivity contribution in [1.82, 2.24) is 15.5 Å². The van der Waals surface area contributed by atoms with Crippen LogP contribution in [0.4, 0.5) is 5.69 Å². The number of benzene rings is 2. The van der Waals surface area contributed by atoms with E-state index in [1.807, 2.05) is 0 Å². The Morgan fingerprint density at radius 3 is 2.42 bits per heavy atom. The van der Waals surface area contributed by atoms with Crippen molar-refractivity contribution in [3.05, 3.63) is 65.7 Å². The van der Waals surface area contributed by atoms with Crippen LogP contribution < -0.4 is 15.5 Å². The number of hydrogen-bond donors (Lipinski definition) is 2. The molecule has 3 atom stereocenters. The number of guanidine groups is 1. The molecule has 3 fully saturated rings. The monoisotopic (exact) mass is 447 g/mol. The zero-order chi connectivity index (χ0) is 22.5. The van der Waals surface area contributed by atoms with Crippen LogP contribution in [0.5, 0.6) is 0 Å². The number of aliphatic imine (C=N–C) groups is 1. The number of nitrogens with one attached hydrogen (secondary N) is 2. The van der Waals surface area contributed by atoms with E-state index in [4.69, 9.17) is 9.73 Å². The van der Waals surface area contributed by atoms with Crippen LogP contribution in [0.1, 0.15) is 37.3 Å². The van der Waals surface area contributed by atoms with Gasteiger partial charge in [-0.1, -0.05) is 42.5 Å². The van der Waals surface area contributed by atoms with Crippen molar-refractivity contribution in [2.45, 2.75) is 57.5 Å². The minimum atomic E-state index is 0.348. The van der Waals surface area contributed by atoms with Gasteiger partial charge in [-0.15, -0.1) is 0 Å². The molecule has 2 aromatic carbocycles. The van der Waals surface area contributed by atoms with Crippen molar-refractivity contribution >= 4 is 11.6 Å². The Bertz CT molecular complexity index is 925. The number of hydrogen-bond acceptors (Lipinski definition) is 4. The largest absolute Gasteiger partial charge is 0.373 e. The molecule has 0 amide bonds. The van der Waals surface area contributed by atoms with Crippen LogP contribution >= 0.6 is 0 Å². The van der Waals surface area contributed by atoms with Gasteiger partial charge >= 0.3 is 0 Å². The van der Waals surface area contributed by atoms with Crippen molar-refractivity contribution in [3.63, 3.8) is 0 Å². The zero-order valence-corrected chi connectivity index (χ0v) is 19.7. The lowest BCUT2D eigenvalue weighted by Crippen LogP contribution is -2.47. The number of nitrogens with zero attached hydrogens (tertiary/aromatic N) is 3. The SMILES string of the molecule is CCNC(=NCc1ccccc1CN1CCN(c2ccccc2)CC1)NC1CC2CCC1O2. The quantitative estimate of drug-likeness (QED) is 0.503. The first kappa shape index (κ1) is 22.2. The maximum Gasteiger partial charge on any atom is 0.191 e. The Labute approximate surface area is 198 Å². The number of anilines is 1. The lowest BCUT2D eigenvalue weighted by molar-refractivity contribution is 0.0992. The van der Waals surface area contributed by atoms with E-state index in [-0.39, 0.29) is 0 Å². The third-order valence-electron chi connectivity index (χ3n) is 7.19. The molecule has 0 saturated carbocycles. The lowest BCUT2D eigenvalue weighted by atomic mass is 9.96. The van der Waals surface area contributed by atoms with E-state index in [0.717, 1.165) is 51.6 Å². The first-order valence-corrected chi connectivity index (χ1v) is 12.6. The van der Waals surface area contributed by atoms with Gasteiger partial charge in [-0.2, -0.15) is 0 Å². The van der Waals surface area contributed by atoms with Crippen LogP contribution in [0.15, 0.2) is 59.6 Å². The Morgan fingerprint density at radius 1 is 0.970 bits per heavy atom. The predicted molar refractivity (Wildman–Crippen MR) is 135 cm³/mol. The fourth-order valence-corrected chi connectivity index (χ4v) is 5.36. The fraction of sp³-hybridized carbons (Fsp3) is 0.519. The third-order valence-corrected chi connectivity index (χ3v) is 7.19. The molecule has 6 heteroatoms. The number of ether oxygens (including phenoxy) is 1. The first-order chi connectivity index (χ1) is 16.3. The lowest BCUT2D eigenvalue weighted by Gasteiger charge is -2.36. The van der Waals surface area contributed by atoms with E-state index in [2.05, 4.69) is 82.0 Å². The van der Waals surface area contributed by atoms with Gasteiger partial charge in [-0.3, -0.25) is 4.90 Å². The van der Waals surface area contributed by atoms with Gasteiger partial charge < -0.3 is 20.3 Å². The summed E-state index contributed by atoms with van der Waals surface area (Å²) in [6, 6.07) is 19.9. The first-order valence-electron chi connectivity index (χ1n) is 12.6. The van der Waals surface area contributed by atoms with Crippen LogP contribution in [0.3, 0.4) is 0 Å². The van der Waals surface area contributed by atoms with Crippen LogP contribution in [0.2, 0.25) is 0 Å². The molecule has 2 aromatic rings. The fourth-order valence-electron chi connectivity index (χ4n) is 5.36. The molecule has 3 saturated heterocycles. The van der Waals surface area contributed by atoms with Gasteiger partial charge in [-0.05, 0) is 49.4 Å². The second-order valence-electron chi connectivity index (χ2n) is 9.42. The minimum Gasteiger partial charge on any atom is -0.373 e. The van der Waals surface area contributed by atoms with E-state index in [9.17, 15) is 0 Å². The van der Waals surface area contributed by atoms with E-state index in [0.29, 0.717) is 24.8 Å². The predicted octanol–water partition coefficient (Wildman–Crippen LogP) is 3.38. The van der Waals surface area contributed by atoms with Gasteiger partial charge in [0.05, 0.1) is 24.8 Å². The molecular formula is C27H37N5O. The van der Waals surface area contributed by atoms with Gasteiger partial charge in [-0.25, -0.2) is 4.99 Å². The van der Waals surface area contributed by atoms with Crippen molar-refractivity contribution < 1.29 is 4.74 Å². The molecule has 33 heavy (non-hydrogen) atoms. The maximum atomic E-state index is 6.01. The van der Waals surface area contributed by atoms with Gasteiger partial charge in [0, 0.05) is 45.0 Å². The Hall–Kier alpha value is -2.57. The summed E-state index contributed by atoms with van der Waals surface area (Å²) in [6.07, 6.45) is 4.27. The van der Waals surface area contributed by atoms with Gasteiger partial charge in [0.25, 0.3) is 0 Å². The number of rotatable bonds is 7. The van der Waals surface area contributed by atoms with Gasteiger partial charge in [0.1, 0.15) is 0 Å². The van der Waals surface area contributed by atoms with Crippen LogP contribution in [0, 0.1) is 0 Å². The number of para-hydroxylation sites is 1. The molecule has 5 rings (SSSR count). The highest BCUT2D eigenvalue weighted by atomic mass is 16.5. The highest BCUT2D eigenvalue weighted by Gasteiger charge is 2.41. The molecule has 3 unspecified atom stereocenters. The molecule has 2 N–H and O–H groups in total. The molecule has 0 radical (unpaired) electrons. The summed E-state index contributed by atoms with van der Waals surface area (Å²) >= 11 is 0. The summed E-state index contributed by atoms with van der Waals surface area (Å²) in [4.78, 5) is 10.0. The normalized spacial score (nSPS) is 25.4. The number of piperazine rings is 1. The van der Waals surface area contributed by atoms with Crippen molar-refractivity contribution in [2.24, 2.45) is 4.99 Å². The molecule has 6 nitrogen and oxygen atoms in total. The second-order valence-corrected chi connectivity index (χ2v) is 9.42. The third kappa shape index (κ3) is 5.50. The van der Waals surface area contributed by atoms with E-state index >= 15 is 0 Å². The summed E-state index contributed by atoms with van der Waals surface area (Å²) in [7, 11) is 0. The van der Waals surface area contributed by atoms with E-state index < -0.39 is 0 Å². The van der Waals surface area contributed by atoms with Gasteiger partial charge in [0.2, 0.25) is 0 Å². The molecule has 3 heterocycles. The molecule has 0 spiro atoms. The Balaban J connectivity index is 1.19. The molecule has 3 aliphatic heterocycles. The Kier molecular flexibility index (Phi) is 7.12. The summed E-state index contributed by atoms with van der Waals surface area (Å²) in [5.74, 6) is 0.907. The second kappa shape index (κ2) is 10.6.